The number of carbonyl (C=O) groups excluding carboxylic acids is 2. The van der Waals surface area contributed by atoms with Crippen molar-refractivity contribution in [2.24, 2.45) is 11.7 Å². The Morgan fingerprint density at radius 2 is 1.81 bits per heavy atom. The largest absolute Gasteiger partial charge is 0.497 e. The van der Waals surface area contributed by atoms with Gasteiger partial charge in [0.15, 0.2) is 11.0 Å². The lowest BCUT2D eigenvalue weighted by molar-refractivity contribution is -0.120. The van der Waals surface area contributed by atoms with Crippen LogP contribution in [0.3, 0.4) is 0 Å². The highest BCUT2D eigenvalue weighted by molar-refractivity contribution is 8.00. The third-order valence-corrected chi connectivity index (χ3v) is 5.91. The van der Waals surface area contributed by atoms with Crippen molar-refractivity contribution < 1.29 is 18.7 Å². The van der Waals surface area contributed by atoms with Gasteiger partial charge in [0.2, 0.25) is 5.91 Å². The molecule has 0 radical (unpaired) electrons. The molecule has 0 aliphatic rings. The van der Waals surface area contributed by atoms with Gasteiger partial charge in [0, 0.05) is 5.56 Å². The second-order valence-electron chi connectivity index (χ2n) is 6.96. The Bertz CT molecular complexity index is 1080. The van der Waals surface area contributed by atoms with Crippen molar-refractivity contribution in [1.82, 2.24) is 20.1 Å². The summed E-state index contributed by atoms with van der Waals surface area (Å²) in [6.07, 6.45) is 0. The quantitative estimate of drug-likeness (QED) is 0.542. The van der Waals surface area contributed by atoms with Crippen LogP contribution in [0.1, 0.15) is 13.8 Å². The maximum atomic E-state index is 14.7. The number of halogens is 1. The highest BCUT2D eigenvalue weighted by Gasteiger charge is 2.29. The fourth-order valence-electron chi connectivity index (χ4n) is 2.92. The standard InChI is InChI=1S/C21H22FN5O3S/c1-12(2)17(19(28)24-20(23)29)31-21-26-25-18(13-8-10-14(30-3)11-9-13)27(21)16-7-5-4-6-15(16)22/h4-12,17H,1-3H3,(H3,23,24,28,29)/t17-/m0/s1. The number of urea groups is 1. The van der Waals surface area contributed by atoms with Crippen LogP contribution in [0.15, 0.2) is 53.7 Å². The molecular weight excluding hydrogens is 421 g/mol. The maximum absolute atomic E-state index is 14.7. The Morgan fingerprint density at radius 1 is 1.13 bits per heavy atom. The van der Waals surface area contributed by atoms with Crippen LogP contribution >= 0.6 is 11.8 Å². The van der Waals surface area contributed by atoms with Crippen LogP contribution in [0.5, 0.6) is 5.75 Å². The number of hydrogen-bond acceptors (Lipinski definition) is 6. The molecule has 3 rings (SSSR count). The number of thioether (sulfide) groups is 1. The number of aromatic nitrogens is 3. The first-order valence-electron chi connectivity index (χ1n) is 9.43. The molecule has 0 spiro atoms. The Hall–Kier alpha value is -3.40. The molecule has 1 aromatic heterocycles. The minimum Gasteiger partial charge on any atom is -0.497 e. The van der Waals surface area contributed by atoms with Gasteiger partial charge in [0.1, 0.15) is 11.6 Å². The molecule has 1 heterocycles. The summed E-state index contributed by atoms with van der Waals surface area (Å²) in [5.74, 6) is -0.130. The fourth-order valence-corrected chi connectivity index (χ4v) is 3.97. The lowest BCUT2D eigenvalue weighted by Gasteiger charge is -2.19. The third-order valence-electron chi connectivity index (χ3n) is 4.42. The topological polar surface area (TPSA) is 112 Å². The third kappa shape index (κ3) is 5.02. The number of imide groups is 1. The predicted octanol–water partition coefficient (Wildman–Crippen LogP) is 3.39. The van der Waals surface area contributed by atoms with E-state index in [0.29, 0.717) is 22.3 Å². The molecule has 3 amide bonds. The van der Waals surface area contributed by atoms with E-state index in [1.165, 1.54) is 6.07 Å². The van der Waals surface area contributed by atoms with Crippen LogP contribution in [0.4, 0.5) is 9.18 Å². The Labute approximate surface area is 183 Å². The van der Waals surface area contributed by atoms with Crippen LogP contribution < -0.4 is 15.8 Å². The van der Waals surface area contributed by atoms with Gasteiger partial charge in [-0.2, -0.15) is 0 Å². The summed E-state index contributed by atoms with van der Waals surface area (Å²) in [5, 5.41) is 10.2. The fraction of sp³-hybridized carbons (Fsp3) is 0.238. The van der Waals surface area contributed by atoms with Crippen LogP contribution in [-0.2, 0) is 4.79 Å². The molecule has 0 saturated heterocycles. The molecule has 3 N–H and O–H groups in total. The van der Waals surface area contributed by atoms with Crippen molar-refractivity contribution in [3.8, 4) is 22.8 Å². The van der Waals surface area contributed by atoms with E-state index in [9.17, 15) is 14.0 Å². The first-order chi connectivity index (χ1) is 14.8. The molecule has 162 valence electrons. The molecule has 31 heavy (non-hydrogen) atoms. The second kappa shape index (κ2) is 9.61. The number of para-hydroxylation sites is 1. The molecule has 8 nitrogen and oxygen atoms in total. The lowest BCUT2D eigenvalue weighted by atomic mass is 10.1. The number of primary amides is 1. The molecule has 10 heteroatoms. The van der Waals surface area contributed by atoms with Crippen molar-refractivity contribution in [3.63, 3.8) is 0 Å². The van der Waals surface area contributed by atoms with Crippen molar-refractivity contribution in [2.45, 2.75) is 24.3 Å². The van der Waals surface area contributed by atoms with Crippen LogP contribution in [-0.4, -0.2) is 39.1 Å². The summed E-state index contributed by atoms with van der Waals surface area (Å²) in [4.78, 5) is 23.6. The minimum absolute atomic E-state index is 0.167. The van der Waals surface area contributed by atoms with E-state index in [-0.39, 0.29) is 11.6 Å². The molecule has 2 aromatic carbocycles. The number of methoxy groups -OCH3 is 1. The zero-order valence-electron chi connectivity index (χ0n) is 17.2. The number of rotatable bonds is 7. The molecule has 0 saturated carbocycles. The van der Waals surface area contributed by atoms with Crippen LogP contribution in [0.2, 0.25) is 0 Å². The van der Waals surface area contributed by atoms with Gasteiger partial charge in [0.25, 0.3) is 0 Å². The summed E-state index contributed by atoms with van der Waals surface area (Å²) in [5.41, 5.74) is 6.02. The number of benzene rings is 2. The highest BCUT2D eigenvalue weighted by atomic mass is 32.2. The van der Waals surface area contributed by atoms with Crippen molar-refractivity contribution in [2.75, 3.05) is 7.11 Å². The molecule has 0 aliphatic carbocycles. The van der Waals surface area contributed by atoms with Gasteiger partial charge in [-0.3, -0.25) is 14.7 Å². The molecule has 0 bridgehead atoms. The number of nitrogens with one attached hydrogen (secondary N) is 1. The molecule has 3 aromatic rings. The molecule has 0 unspecified atom stereocenters. The van der Waals surface area contributed by atoms with E-state index in [1.807, 2.05) is 13.8 Å². The molecular formula is C21H22FN5O3S. The predicted molar refractivity (Wildman–Crippen MR) is 116 cm³/mol. The number of carbonyl (C=O) groups is 2. The van der Waals surface area contributed by atoms with Gasteiger partial charge < -0.3 is 10.5 Å². The number of amides is 3. The van der Waals surface area contributed by atoms with Crippen LogP contribution in [0.25, 0.3) is 17.1 Å². The van der Waals surface area contributed by atoms with Gasteiger partial charge in [-0.05, 0) is 42.3 Å². The zero-order chi connectivity index (χ0) is 22.5. The average molecular weight is 444 g/mol. The van der Waals surface area contributed by atoms with E-state index in [1.54, 1.807) is 54.1 Å². The summed E-state index contributed by atoms with van der Waals surface area (Å²) in [6.45, 7) is 3.65. The van der Waals surface area contributed by atoms with E-state index in [0.717, 1.165) is 11.8 Å². The minimum atomic E-state index is -0.939. The number of nitrogens with zero attached hydrogens (tertiary/aromatic N) is 3. The molecule has 0 aliphatic heterocycles. The van der Waals surface area contributed by atoms with E-state index in [2.05, 4.69) is 15.5 Å². The van der Waals surface area contributed by atoms with Crippen molar-refractivity contribution in [1.29, 1.82) is 0 Å². The second-order valence-corrected chi connectivity index (χ2v) is 8.07. The maximum Gasteiger partial charge on any atom is 0.318 e. The van der Waals surface area contributed by atoms with Crippen molar-refractivity contribution in [3.05, 3.63) is 54.3 Å². The molecule has 1 atom stereocenters. The monoisotopic (exact) mass is 443 g/mol. The average Bonchev–Trinajstić information content (AvgIpc) is 3.15. The smallest absolute Gasteiger partial charge is 0.318 e. The van der Waals surface area contributed by atoms with Gasteiger partial charge in [-0.25, -0.2) is 9.18 Å². The molecule has 0 fully saturated rings. The van der Waals surface area contributed by atoms with E-state index in [4.69, 9.17) is 10.5 Å². The Morgan fingerprint density at radius 3 is 2.39 bits per heavy atom. The van der Waals surface area contributed by atoms with Gasteiger partial charge >= 0.3 is 6.03 Å². The van der Waals surface area contributed by atoms with Gasteiger partial charge in [0.05, 0.1) is 18.0 Å². The van der Waals surface area contributed by atoms with Gasteiger partial charge in [-0.1, -0.05) is 37.7 Å². The summed E-state index contributed by atoms with van der Waals surface area (Å²) in [7, 11) is 1.56. The first kappa shape index (κ1) is 22.3. The number of ether oxygens (including phenoxy) is 1. The summed E-state index contributed by atoms with van der Waals surface area (Å²) < 4.78 is 21.5. The zero-order valence-corrected chi connectivity index (χ0v) is 18.0. The SMILES string of the molecule is COc1ccc(-c2nnc(S[C@H](C(=O)NC(N)=O)C(C)C)n2-c2ccccc2F)cc1. The van der Waals surface area contributed by atoms with Gasteiger partial charge in [-0.15, -0.1) is 10.2 Å². The van der Waals surface area contributed by atoms with E-state index < -0.39 is 23.0 Å². The highest BCUT2D eigenvalue weighted by Crippen LogP contribution is 2.33. The van der Waals surface area contributed by atoms with Crippen molar-refractivity contribution >= 4 is 23.7 Å². The van der Waals surface area contributed by atoms with Crippen LogP contribution in [0, 0.1) is 11.7 Å². The normalized spacial score (nSPS) is 11.9. The summed E-state index contributed by atoms with van der Waals surface area (Å²) >= 11 is 1.08. The number of nitrogens with two attached hydrogens (primary N) is 1. The Balaban J connectivity index is 2.10. The summed E-state index contributed by atoms with van der Waals surface area (Å²) in [6, 6.07) is 12.4. The first-order valence-corrected chi connectivity index (χ1v) is 10.3. The van der Waals surface area contributed by atoms with E-state index >= 15 is 0 Å². The lowest BCUT2D eigenvalue weighted by Crippen LogP contribution is -2.42. The Kier molecular flexibility index (Phi) is 6.91. The number of hydrogen-bond donors (Lipinski definition) is 2.